The highest BCUT2D eigenvalue weighted by atomic mass is 19.1. The lowest BCUT2D eigenvalue weighted by Gasteiger charge is -2.25. The number of pyridine rings is 1. The van der Waals surface area contributed by atoms with Crippen molar-refractivity contribution in [1.29, 1.82) is 0 Å². The average molecular weight is 359 g/mol. The maximum absolute atomic E-state index is 14.1. The third kappa shape index (κ3) is 3.48. The molecule has 0 atom stereocenters. The first-order valence-corrected chi connectivity index (χ1v) is 8.59. The zero-order valence-corrected chi connectivity index (χ0v) is 14.8. The molecule has 0 bridgehead atoms. The second-order valence-corrected chi connectivity index (χ2v) is 6.34. The second kappa shape index (κ2) is 7.70. The molecule has 1 saturated heterocycles. The molecular weight excluding hydrogens is 337 g/mol. The number of halogens is 1. The van der Waals surface area contributed by atoms with Crippen molar-refractivity contribution in [2.45, 2.75) is 25.8 Å². The van der Waals surface area contributed by atoms with Crippen molar-refractivity contribution in [2.75, 3.05) is 25.5 Å². The van der Waals surface area contributed by atoms with Gasteiger partial charge in [0.1, 0.15) is 17.0 Å². The summed E-state index contributed by atoms with van der Waals surface area (Å²) in [5.41, 5.74) is 0.144. The number of hydrogen-bond donors (Lipinski definition) is 2. The Bertz CT molecular complexity index is 873. The van der Waals surface area contributed by atoms with Crippen LogP contribution in [-0.4, -0.2) is 30.7 Å². The van der Waals surface area contributed by atoms with E-state index in [-0.39, 0.29) is 28.6 Å². The van der Waals surface area contributed by atoms with Crippen LogP contribution in [0.4, 0.5) is 10.1 Å². The van der Waals surface area contributed by atoms with Crippen LogP contribution in [0.5, 0.6) is 5.75 Å². The monoisotopic (exact) mass is 359 g/mol. The van der Waals surface area contributed by atoms with Crippen molar-refractivity contribution in [3.05, 3.63) is 57.8 Å². The molecule has 1 aliphatic rings. The highest BCUT2D eigenvalue weighted by Crippen LogP contribution is 2.27. The molecule has 0 unspecified atom stereocenters. The summed E-state index contributed by atoms with van der Waals surface area (Å²) >= 11 is 0. The van der Waals surface area contributed by atoms with E-state index in [9.17, 15) is 14.0 Å². The predicted octanol–water partition coefficient (Wildman–Crippen LogP) is 2.48. The van der Waals surface area contributed by atoms with Crippen LogP contribution in [-0.2, 0) is 0 Å². The van der Waals surface area contributed by atoms with Gasteiger partial charge in [0.15, 0.2) is 5.82 Å². The van der Waals surface area contributed by atoms with E-state index < -0.39 is 11.7 Å². The van der Waals surface area contributed by atoms with Crippen molar-refractivity contribution in [2.24, 2.45) is 0 Å². The zero-order valence-electron chi connectivity index (χ0n) is 14.8. The number of carbonyl (C=O) groups excluding carboxylic acids is 1. The number of nitrogens with one attached hydrogen (secondary N) is 2. The zero-order chi connectivity index (χ0) is 18.7. The molecule has 6 nitrogen and oxygen atoms in total. The predicted molar refractivity (Wildman–Crippen MR) is 97.5 cm³/mol. The number of hydrogen-bond acceptors (Lipinski definition) is 4. The number of ether oxygens (including phenoxy) is 1. The first-order chi connectivity index (χ1) is 12.5. The molecule has 7 heteroatoms. The third-order valence-corrected chi connectivity index (χ3v) is 4.69. The van der Waals surface area contributed by atoms with E-state index in [1.54, 1.807) is 29.8 Å². The van der Waals surface area contributed by atoms with E-state index in [0.717, 1.165) is 25.9 Å². The first kappa shape index (κ1) is 18.1. The van der Waals surface area contributed by atoms with Crippen molar-refractivity contribution >= 4 is 11.6 Å². The number of carbonyl (C=O) groups is 1. The lowest BCUT2D eigenvalue weighted by atomic mass is 10.0. The average Bonchev–Trinajstić information content (AvgIpc) is 2.64. The van der Waals surface area contributed by atoms with E-state index in [2.05, 4.69) is 10.6 Å². The topological polar surface area (TPSA) is 72.4 Å². The SMILES string of the molecule is COc1cccc(F)c1NC(=O)c1c(C)ccn(C2CCNCC2)c1=O. The standard InChI is InChI=1S/C19H22FN3O3/c1-12-8-11-23(13-6-9-21-10-7-13)19(25)16(12)18(24)22-17-14(20)4-3-5-15(17)26-2/h3-5,8,11,13,21H,6-7,9-10H2,1-2H3,(H,22,24). The van der Waals surface area contributed by atoms with Gasteiger partial charge in [-0.05, 0) is 56.6 Å². The Labute approximate surface area is 151 Å². The van der Waals surface area contributed by atoms with E-state index in [4.69, 9.17) is 4.74 Å². The van der Waals surface area contributed by atoms with E-state index in [0.29, 0.717) is 5.56 Å². The molecule has 0 radical (unpaired) electrons. The van der Waals surface area contributed by atoms with Crippen LogP contribution < -0.4 is 20.9 Å². The first-order valence-electron chi connectivity index (χ1n) is 8.59. The Hall–Kier alpha value is -2.67. The molecule has 3 rings (SSSR count). The summed E-state index contributed by atoms with van der Waals surface area (Å²) in [6.45, 7) is 3.36. The number of nitrogens with zero attached hydrogens (tertiary/aromatic N) is 1. The number of amides is 1. The summed E-state index contributed by atoms with van der Waals surface area (Å²) in [5.74, 6) is -1.06. The summed E-state index contributed by atoms with van der Waals surface area (Å²) in [4.78, 5) is 25.7. The summed E-state index contributed by atoms with van der Waals surface area (Å²) in [5, 5.41) is 5.75. The maximum atomic E-state index is 14.1. The molecule has 26 heavy (non-hydrogen) atoms. The number of anilines is 1. The van der Waals surface area contributed by atoms with Gasteiger partial charge in [0.05, 0.1) is 7.11 Å². The van der Waals surface area contributed by atoms with Crippen LogP contribution in [0.25, 0.3) is 0 Å². The van der Waals surface area contributed by atoms with Crippen molar-refractivity contribution in [3.8, 4) is 5.75 Å². The van der Waals surface area contributed by atoms with Gasteiger partial charge in [0.2, 0.25) is 0 Å². The number of methoxy groups -OCH3 is 1. The maximum Gasteiger partial charge on any atom is 0.263 e. The molecule has 2 aromatic rings. The fraction of sp³-hybridized carbons (Fsp3) is 0.368. The summed E-state index contributed by atoms with van der Waals surface area (Å²) < 4.78 is 20.8. The fourth-order valence-electron chi connectivity index (χ4n) is 3.26. The summed E-state index contributed by atoms with van der Waals surface area (Å²) in [6, 6.07) is 6.06. The van der Waals surface area contributed by atoms with Gasteiger partial charge in [-0.3, -0.25) is 9.59 Å². The van der Waals surface area contributed by atoms with Crippen LogP contribution in [0.2, 0.25) is 0 Å². The minimum atomic E-state index is -0.640. The lowest BCUT2D eigenvalue weighted by molar-refractivity contribution is 0.102. The summed E-state index contributed by atoms with van der Waals surface area (Å²) in [6.07, 6.45) is 3.38. The van der Waals surface area contributed by atoms with Gasteiger partial charge in [-0.25, -0.2) is 4.39 Å². The number of aryl methyl sites for hydroxylation is 1. The molecule has 0 saturated carbocycles. The molecule has 1 aromatic heterocycles. The molecule has 1 aliphatic heterocycles. The smallest absolute Gasteiger partial charge is 0.263 e. The van der Waals surface area contributed by atoms with Crippen LogP contribution in [0, 0.1) is 12.7 Å². The molecule has 138 valence electrons. The molecule has 1 amide bonds. The Kier molecular flexibility index (Phi) is 5.37. The third-order valence-electron chi connectivity index (χ3n) is 4.69. The van der Waals surface area contributed by atoms with E-state index in [1.165, 1.54) is 19.2 Å². The minimum absolute atomic E-state index is 0.0244. The van der Waals surface area contributed by atoms with Gasteiger partial charge in [-0.1, -0.05) is 6.07 Å². The Morgan fingerprint density at radius 2 is 2.04 bits per heavy atom. The van der Waals surface area contributed by atoms with Gasteiger partial charge in [-0.2, -0.15) is 0 Å². The normalized spacial score (nSPS) is 14.9. The van der Waals surface area contributed by atoms with E-state index in [1.807, 2.05) is 0 Å². The van der Waals surface area contributed by atoms with E-state index >= 15 is 0 Å². The number of benzene rings is 1. The molecule has 0 spiro atoms. The van der Waals surface area contributed by atoms with Crippen LogP contribution >= 0.6 is 0 Å². The second-order valence-electron chi connectivity index (χ2n) is 6.34. The number of piperidine rings is 1. The minimum Gasteiger partial charge on any atom is -0.494 e. The van der Waals surface area contributed by atoms with Gasteiger partial charge in [0, 0.05) is 12.2 Å². The lowest BCUT2D eigenvalue weighted by Crippen LogP contribution is -2.37. The molecule has 1 aromatic carbocycles. The van der Waals surface area contributed by atoms with Crippen LogP contribution in [0.15, 0.2) is 35.3 Å². The fourth-order valence-corrected chi connectivity index (χ4v) is 3.26. The molecule has 1 fully saturated rings. The molecule has 2 heterocycles. The quantitative estimate of drug-likeness (QED) is 0.880. The molecule has 2 N–H and O–H groups in total. The van der Waals surface area contributed by atoms with Crippen molar-refractivity contribution in [3.63, 3.8) is 0 Å². The largest absolute Gasteiger partial charge is 0.494 e. The Morgan fingerprint density at radius 3 is 2.73 bits per heavy atom. The van der Waals surface area contributed by atoms with Gasteiger partial charge < -0.3 is 19.9 Å². The van der Waals surface area contributed by atoms with Crippen LogP contribution in [0.3, 0.4) is 0 Å². The van der Waals surface area contributed by atoms with Crippen LogP contribution in [0.1, 0.15) is 34.8 Å². The Morgan fingerprint density at radius 1 is 1.31 bits per heavy atom. The van der Waals surface area contributed by atoms with Crippen molar-refractivity contribution in [1.82, 2.24) is 9.88 Å². The number of rotatable bonds is 4. The Balaban J connectivity index is 1.96. The summed E-state index contributed by atoms with van der Waals surface area (Å²) in [7, 11) is 1.39. The highest BCUT2D eigenvalue weighted by molar-refractivity contribution is 6.05. The van der Waals surface area contributed by atoms with Gasteiger partial charge in [0.25, 0.3) is 11.5 Å². The molecular formula is C19H22FN3O3. The number of para-hydroxylation sites is 1. The number of aromatic nitrogens is 1. The van der Waals surface area contributed by atoms with Gasteiger partial charge in [-0.15, -0.1) is 0 Å². The van der Waals surface area contributed by atoms with Gasteiger partial charge >= 0.3 is 0 Å². The molecule has 0 aliphatic carbocycles. The highest BCUT2D eigenvalue weighted by Gasteiger charge is 2.22. The van der Waals surface area contributed by atoms with Crippen molar-refractivity contribution < 1.29 is 13.9 Å².